The summed E-state index contributed by atoms with van der Waals surface area (Å²) in [6.07, 6.45) is 3.86. The van der Waals surface area contributed by atoms with Gasteiger partial charge in [0.25, 0.3) is 5.89 Å². The van der Waals surface area contributed by atoms with E-state index in [9.17, 15) is 0 Å². The molecule has 1 heterocycles. The maximum Gasteiger partial charge on any atom is 0.257 e. The normalized spacial score (nSPS) is 16.8. The van der Waals surface area contributed by atoms with Crippen LogP contribution < -0.4 is 5.73 Å². The van der Waals surface area contributed by atoms with Crippen LogP contribution in [0, 0.1) is 0 Å². The number of hydrogen-bond acceptors (Lipinski definition) is 4. The predicted octanol–water partition coefficient (Wildman–Crippen LogP) is 4.32. The highest BCUT2D eigenvalue weighted by Crippen LogP contribution is 2.31. The summed E-state index contributed by atoms with van der Waals surface area (Å²) < 4.78 is 5.44. The van der Waals surface area contributed by atoms with Crippen LogP contribution in [-0.4, -0.2) is 10.1 Å². The van der Waals surface area contributed by atoms with E-state index < -0.39 is 0 Å². The van der Waals surface area contributed by atoms with Crippen LogP contribution in [0.1, 0.15) is 41.4 Å². The van der Waals surface area contributed by atoms with E-state index in [2.05, 4.69) is 22.3 Å². The number of aryl methyl sites for hydroxylation is 1. The minimum Gasteiger partial charge on any atom is -0.334 e. The molecule has 0 saturated carbocycles. The number of aromatic nitrogens is 2. The van der Waals surface area contributed by atoms with Crippen molar-refractivity contribution in [3.63, 3.8) is 0 Å². The second kappa shape index (κ2) is 6.38. The van der Waals surface area contributed by atoms with Crippen molar-refractivity contribution >= 4 is 11.6 Å². The van der Waals surface area contributed by atoms with Crippen molar-refractivity contribution in [2.24, 2.45) is 5.73 Å². The van der Waals surface area contributed by atoms with Crippen LogP contribution in [0.25, 0.3) is 11.5 Å². The Hall–Kier alpha value is -2.17. The number of rotatable bonds is 3. The Bertz CT molecular complexity index is 875. The van der Waals surface area contributed by atoms with Crippen LogP contribution in [0.5, 0.6) is 0 Å². The summed E-state index contributed by atoms with van der Waals surface area (Å²) in [6.45, 7) is 0. The Kier molecular flexibility index (Phi) is 4.08. The Morgan fingerprint density at radius 1 is 1.21 bits per heavy atom. The Labute approximate surface area is 145 Å². The summed E-state index contributed by atoms with van der Waals surface area (Å²) >= 11 is 6.02. The molecule has 0 fully saturated rings. The molecule has 4 nitrogen and oxygen atoms in total. The molecule has 24 heavy (non-hydrogen) atoms. The molecule has 1 aromatic heterocycles. The lowest BCUT2D eigenvalue weighted by Gasteiger charge is -2.22. The molecule has 0 saturated heterocycles. The Morgan fingerprint density at radius 3 is 3.00 bits per heavy atom. The molecule has 122 valence electrons. The molecule has 0 aliphatic heterocycles. The highest BCUT2D eigenvalue weighted by Gasteiger charge is 2.19. The molecule has 1 unspecified atom stereocenters. The molecule has 1 aliphatic rings. The molecular weight excluding hydrogens is 322 g/mol. The average molecular weight is 340 g/mol. The first-order valence-corrected chi connectivity index (χ1v) is 8.52. The number of benzene rings is 2. The fourth-order valence-corrected chi connectivity index (χ4v) is 3.45. The molecule has 3 aromatic rings. The third kappa shape index (κ3) is 3.07. The first-order chi connectivity index (χ1) is 11.7. The second-order valence-corrected chi connectivity index (χ2v) is 6.67. The van der Waals surface area contributed by atoms with Crippen molar-refractivity contribution < 1.29 is 4.52 Å². The zero-order chi connectivity index (χ0) is 16.5. The number of hydrogen-bond donors (Lipinski definition) is 1. The van der Waals surface area contributed by atoms with Gasteiger partial charge in [-0.25, -0.2) is 0 Å². The van der Waals surface area contributed by atoms with Crippen molar-refractivity contribution in [2.75, 3.05) is 0 Å². The molecule has 1 aliphatic carbocycles. The third-order valence-corrected chi connectivity index (χ3v) is 4.71. The van der Waals surface area contributed by atoms with E-state index in [1.165, 1.54) is 11.1 Å². The molecule has 0 spiro atoms. The first kappa shape index (κ1) is 15.4. The largest absolute Gasteiger partial charge is 0.334 e. The fourth-order valence-electron chi connectivity index (χ4n) is 3.24. The zero-order valence-corrected chi connectivity index (χ0v) is 14.0. The van der Waals surface area contributed by atoms with Gasteiger partial charge >= 0.3 is 0 Å². The van der Waals surface area contributed by atoms with Crippen LogP contribution >= 0.6 is 11.6 Å². The molecule has 4 rings (SSSR count). The number of halogens is 1. The van der Waals surface area contributed by atoms with Gasteiger partial charge in [-0.2, -0.15) is 4.98 Å². The molecular formula is C19H18ClN3O. The van der Waals surface area contributed by atoms with Gasteiger partial charge in [0.05, 0.1) is 0 Å². The highest BCUT2D eigenvalue weighted by atomic mass is 35.5. The summed E-state index contributed by atoms with van der Waals surface area (Å²) in [7, 11) is 0. The Morgan fingerprint density at radius 2 is 2.12 bits per heavy atom. The number of nitrogens with zero attached hydrogens (tertiary/aromatic N) is 2. The van der Waals surface area contributed by atoms with Gasteiger partial charge in [-0.3, -0.25) is 0 Å². The Balaban J connectivity index is 1.60. The number of nitrogens with two attached hydrogens (primary N) is 1. The average Bonchev–Trinajstić information content (AvgIpc) is 3.03. The SMILES string of the molecule is NC1CCCc2ccc(-c3nc(Cc4cccc(Cl)c4)no3)cc21. The third-order valence-electron chi connectivity index (χ3n) is 4.47. The van der Waals surface area contributed by atoms with Crippen molar-refractivity contribution in [3.05, 3.63) is 70.0 Å². The highest BCUT2D eigenvalue weighted by molar-refractivity contribution is 6.30. The maximum absolute atomic E-state index is 6.24. The molecule has 0 radical (unpaired) electrons. The second-order valence-electron chi connectivity index (χ2n) is 6.23. The van der Waals surface area contributed by atoms with E-state index in [-0.39, 0.29) is 6.04 Å². The summed E-state index contributed by atoms with van der Waals surface area (Å²) in [5.41, 5.74) is 10.8. The van der Waals surface area contributed by atoms with E-state index >= 15 is 0 Å². The lowest BCUT2D eigenvalue weighted by Crippen LogP contribution is -2.17. The predicted molar refractivity (Wildman–Crippen MR) is 93.9 cm³/mol. The van der Waals surface area contributed by atoms with E-state index in [0.29, 0.717) is 23.2 Å². The lowest BCUT2D eigenvalue weighted by molar-refractivity contribution is 0.423. The van der Waals surface area contributed by atoms with Crippen LogP contribution in [0.15, 0.2) is 47.0 Å². The van der Waals surface area contributed by atoms with E-state index in [0.717, 1.165) is 30.4 Å². The molecule has 5 heteroatoms. The van der Waals surface area contributed by atoms with Gasteiger partial charge in [0.1, 0.15) is 0 Å². The van der Waals surface area contributed by atoms with Gasteiger partial charge in [-0.1, -0.05) is 35.0 Å². The standard InChI is InChI=1S/C19H18ClN3O/c20-15-5-1-3-12(9-15)10-18-22-19(24-23-18)14-8-7-13-4-2-6-17(21)16(13)11-14/h1,3,5,7-9,11,17H,2,4,6,10,21H2. The summed E-state index contributed by atoms with van der Waals surface area (Å²) in [6, 6.07) is 14.0. The van der Waals surface area contributed by atoms with Gasteiger partial charge < -0.3 is 10.3 Å². The topological polar surface area (TPSA) is 64.9 Å². The minimum absolute atomic E-state index is 0.0996. The van der Waals surface area contributed by atoms with E-state index in [1.54, 1.807) is 0 Å². The summed E-state index contributed by atoms with van der Waals surface area (Å²) in [5, 5.41) is 4.80. The van der Waals surface area contributed by atoms with E-state index in [4.69, 9.17) is 21.9 Å². The van der Waals surface area contributed by atoms with Crippen LogP contribution in [0.4, 0.5) is 0 Å². The quantitative estimate of drug-likeness (QED) is 0.772. The van der Waals surface area contributed by atoms with Crippen molar-refractivity contribution in [2.45, 2.75) is 31.7 Å². The minimum atomic E-state index is 0.0996. The van der Waals surface area contributed by atoms with Gasteiger partial charge in [0.15, 0.2) is 5.82 Å². The molecule has 0 bridgehead atoms. The van der Waals surface area contributed by atoms with Crippen molar-refractivity contribution in [1.29, 1.82) is 0 Å². The molecule has 2 N–H and O–H groups in total. The molecule has 1 atom stereocenters. The smallest absolute Gasteiger partial charge is 0.257 e. The monoisotopic (exact) mass is 339 g/mol. The molecule has 0 amide bonds. The lowest BCUT2D eigenvalue weighted by atomic mass is 9.87. The first-order valence-electron chi connectivity index (χ1n) is 8.15. The van der Waals surface area contributed by atoms with Crippen LogP contribution in [0.2, 0.25) is 5.02 Å². The fraction of sp³-hybridized carbons (Fsp3) is 0.263. The van der Waals surface area contributed by atoms with Crippen LogP contribution in [-0.2, 0) is 12.8 Å². The number of fused-ring (bicyclic) bond motifs is 1. The summed E-state index contributed by atoms with van der Waals surface area (Å²) in [5.74, 6) is 1.18. The molecule has 2 aromatic carbocycles. The van der Waals surface area contributed by atoms with Crippen LogP contribution in [0.3, 0.4) is 0 Å². The van der Waals surface area contributed by atoms with Gasteiger partial charge in [-0.05, 0) is 60.2 Å². The van der Waals surface area contributed by atoms with Crippen molar-refractivity contribution in [3.8, 4) is 11.5 Å². The van der Waals surface area contributed by atoms with Gasteiger partial charge in [-0.15, -0.1) is 0 Å². The van der Waals surface area contributed by atoms with Crippen molar-refractivity contribution in [1.82, 2.24) is 10.1 Å². The van der Waals surface area contributed by atoms with Gasteiger partial charge in [0.2, 0.25) is 0 Å². The zero-order valence-electron chi connectivity index (χ0n) is 13.2. The summed E-state index contributed by atoms with van der Waals surface area (Å²) in [4.78, 5) is 4.52. The van der Waals surface area contributed by atoms with Gasteiger partial charge in [0, 0.05) is 23.0 Å². The van der Waals surface area contributed by atoms with E-state index in [1.807, 2.05) is 30.3 Å². The maximum atomic E-state index is 6.24.